The Labute approximate surface area is 188 Å². The van der Waals surface area contributed by atoms with Crippen molar-refractivity contribution in [3.8, 4) is 5.75 Å². The monoisotopic (exact) mass is 441 g/mol. The number of ether oxygens (including phenoxy) is 2. The number of hydrogen-bond donors (Lipinski definition) is 3. The first kappa shape index (κ1) is 24.7. The van der Waals surface area contributed by atoms with E-state index in [1.807, 2.05) is 42.5 Å². The number of nitrogens with two attached hydrogens (primary N) is 1. The number of nitrogens with one attached hydrogen (secondary N) is 2. The standard InChI is InChI=1S/C24H31N3O5/c1-16(21(25)28)26-22(29)20(27-23(30)32-24(2,3)4)14-17-10-12-19(13-11-17)31-15-18-8-6-5-7-9-18/h5-13,16,20H,14-15H2,1-4H3,(H2,25,28)(H,26,29)(H,27,30)/t16-,20-/m1/s1. The second-order valence-corrected chi connectivity index (χ2v) is 8.45. The van der Waals surface area contributed by atoms with Crippen LogP contribution in [0.3, 0.4) is 0 Å². The molecule has 0 bridgehead atoms. The first-order valence-electron chi connectivity index (χ1n) is 10.4. The van der Waals surface area contributed by atoms with Crippen LogP contribution in [0, 0.1) is 0 Å². The van der Waals surface area contributed by atoms with Gasteiger partial charge in [0, 0.05) is 6.42 Å². The van der Waals surface area contributed by atoms with E-state index in [9.17, 15) is 14.4 Å². The van der Waals surface area contributed by atoms with Gasteiger partial charge in [-0.05, 0) is 51.0 Å². The molecule has 8 nitrogen and oxygen atoms in total. The van der Waals surface area contributed by atoms with E-state index >= 15 is 0 Å². The number of carbonyl (C=O) groups excluding carboxylic acids is 3. The Morgan fingerprint density at radius 1 is 0.938 bits per heavy atom. The maximum atomic E-state index is 12.7. The predicted octanol–water partition coefficient (Wildman–Crippen LogP) is 2.69. The number of hydrogen-bond acceptors (Lipinski definition) is 5. The van der Waals surface area contributed by atoms with Crippen LogP contribution >= 0.6 is 0 Å². The number of rotatable bonds is 9. The van der Waals surface area contributed by atoms with Gasteiger partial charge in [-0.3, -0.25) is 9.59 Å². The quantitative estimate of drug-likeness (QED) is 0.553. The number of primary amides is 1. The highest BCUT2D eigenvalue weighted by molar-refractivity contribution is 5.90. The molecule has 0 saturated carbocycles. The molecular formula is C24H31N3O5. The Morgan fingerprint density at radius 3 is 2.12 bits per heavy atom. The lowest BCUT2D eigenvalue weighted by atomic mass is 10.0. The fraction of sp³-hybridized carbons (Fsp3) is 0.375. The summed E-state index contributed by atoms with van der Waals surface area (Å²) in [6.45, 7) is 7.10. The molecule has 2 rings (SSSR count). The van der Waals surface area contributed by atoms with E-state index in [0.717, 1.165) is 11.1 Å². The molecule has 3 amide bonds. The fourth-order valence-corrected chi connectivity index (χ4v) is 2.74. The normalized spacial score (nSPS) is 12.9. The molecule has 0 fully saturated rings. The van der Waals surface area contributed by atoms with E-state index in [1.165, 1.54) is 6.92 Å². The number of benzene rings is 2. The van der Waals surface area contributed by atoms with Crippen molar-refractivity contribution < 1.29 is 23.9 Å². The molecule has 0 aliphatic heterocycles. The van der Waals surface area contributed by atoms with Crippen LogP contribution in [-0.2, 0) is 27.4 Å². The lowest BCUT2D eigenvalue weighted by molar-refractivity contribution is -0.128. The number of amides is 3. The molecule has 2 atom stereocenters. The molecule has 2 aromatic rings. The third kappa shape index (κ3) is 8.67. The zero-order valence-electron chi connectivity index (χ0n) is 18.9. The van der Waals surface area contributed by atoms with Gasteiger partial charge in [-0.25, -0.2) is 4.79 Å². The minimum atomic E-state index is -0.956. The van der Waals surface area contributed by atoms with Crippen molar-refractivity contribution in [1.29, 1.82) is 0 Å². The zero-order chi connectivity index (χ0) is 23.7. The second-order valence-electron chi connectivity index (χ2n) is 8.45. The Balaban J connectivity index is 2.05. The second kappa shape index (κ2) is 11.2. The molecule has 0 aliphatic rings. The van der Waals surface area contributed by atoms with Crippen molar-refractivity contribution in [1.82, 2.24) is 10.6 Å². The highest BCUT2D eigenvalue weighted by Gasteiger charge is 2.26. The molecular weight excluding hydrogens is 410 g/mol. The molecule has 172 valence electrons. The Bertz CT molecular complexity index is 907. The van der Waals surface area contributed by atoms with E-state index in [-0.39, 0.29) is 6.42 Å². The smallest absolute Gasteiger partial charge is 0.408 e. The zero-order valence-corrected chi connectivity index (χ0v) is 18.9. The minimum absolute atomic E-state index is 0.190. The Kier molecular flexibility index (Phi) is 8.63. The van der Waals surface area contributed by atoms with Crippen molar-refractivity contribution in [2.24, 2.45) is 5.73 Å². The van der Waals surface area contributed by atoms with E-state index in [2.05, 4.69) is 10.6 Å². The fourth-order valence-electron chi connectivity index (χ4n) is 2.74. The number of carbonyl (C=O) groups is 3. The van der Waals surface area contributed by atoms with Gasteiger partial charge in [0.15, 0.2) is 0 Å². The SMILES string of the molecule is C[C@@H](NC(=O)[C@@H](Cc1ccc(OCc2ccccc2)cc1)NC(=O)OC(C)(C)C)C(N)=O. The Hall–Kier alpha value is -3.55. The van der Waals surface area contributed by atoms with Gasteiger partial charge in [-0.15, -0.1) is 0 Å². The van der Waals surface area contributed by atoms with Gasteiger partial charge in [0.25, 0.3) is 0 Å². The van der Waals surface area contributed by atoms with Crippen molar-refractivity contribution in [2.45, 2.75) is 58.4 Å². The van der Waals surface area contributed by atoms with Crippen LogP contribution < -0.4 is 21.1 Å². The van der Waals surface area contributed by atoms with Gasteiger partial charge >= 0.3 is 6.09 Å². The van der Waals surface area contributed by atoms with Gasteiger partial charge < -0.3 is 25.8 Å². The van der Waals surface area contributed by atoms with E-state index in [1.54, 1.807) is 32.9 Å². The highest BCUT2D eigenvalue weighted by atomic mass is 16.6. The highest BCUT2D eigenvalue weighted by Crippen LogP contribution is 2.16. The molecule has 0 spiro atoms. The van der Waals surface area contributed by atoms with E-state index < -0.39 is 35.6 Å². The van der Waals surface area contributed by atoms with Crippen LogP contribution in [-0.4, -0.2) is 35.6 Å². The summed E-state index contributed by atoms with van der Waals surface area (Å²) >= 11 is 0. The topological polar surface area (TPSA) is 120 Å². The molecule has 0 heterocycles. The molecule has 4 N–H and O–H groups in total. The first-order chi connectivity index (χ1) is 15.0. The van der Waals surface area contributed by atoms with Crippen molar-refractivity contribution >= 4 is 17.9 Å². The van der Waals surface area contributed by atoms with Crippen molar-refractivity contribution in [2.75, 3.05) is 0 Å². The lowest BCUT2D eigenvalue weighted by Gasteiger charge is -2.24. The van der Waals surface area contributed by atoms with Crippen LogP contribution in [0.5, 0.6) is 5.75 Å². The van der Waals surface area contributed by atoms with E-state index in [0.29, 0.717) is 12.4 Å². The number of alkyl carbamates (subject to hydrolysis) is 1. The van der Waals surface area contributed by atoms with Crippen LogP contribution in [0.4, 0.5) is 4.79 Å². The summed E-state index contributed by atoms with van der Waals surface area (Å²) in [5.74, 6) is -0.526. The summed E-state index contributed by atoms with van der Waals surface area (Å²) in [6.07, 6.45) is -0.539. The van der Waals surface area contributed by atoms with E-state index in [4.69, 9.17) is 15.2 Å². The van der Waals surface area contributed by atoms with Crippen LogP contribution in [0.15, 0.2) is 54.6 Å². The molecule has 32 heavy (non-hydrogen) atoms. The predicted molar refractivity (Wildman–Crippen MR) is 121 cm³/mol. The maximum absolute atomic E-state index is 12.7. The summed E-state index contributed by atoms with van der Waals surface area (Å²) in [4.78, 5) is 36.2. The van der Waals surface area contributed by atoms with Gasteiger partial charge in [0.1, 0.15) is 30.0 Å². The summed E-state index contributed by atoms with van der Waals surface area (Å²) in [7, 11) is 0. The summed E-state index contributed by atoms with van der Waals surface area (Å²) < 4.78 is 11.0. The average Bonchev–Trinajstić information content (AvgIpc) is 2.72. The van der Waals surface area contributed by atoms with Crippen LogP contribution in [0.2, 0.25) is 0 Å². The van der Waals surface area contributed by atoms with Crippen LogP contribution in [0.1, 0.15) is 38.8 Å². The molecule has 0 aromatic heterocycles. The Morgan fingerprint density at radius 2 is 1.56 bits per heavy atom. The lowest BCUT2D eigenvalue weighted by Crippen LogP contribution is -2.53. The average molecular weight is 442 g/mol. The summed E-state index contributed by atoms with van der Waals surface area (Å²) in [5.41, 5.74) is 6.36. The van der Waals surface area contributed by atoms with Gasteiger partial charge in [-0.1, -0.05) is 42.5 Å². The molecule has 0 saturated heterocycles. The molecule has 2 aromatic carbocycles. The van der Waals surface area contributed by atoms with Gasteiger partial charge in [0.05, 0.1) is 0 Å². The van der Waals surface area contributed by atoms with Crippen molar-refractivity contribution in [3.05, 3.63) is 65.7 Å². The molecule has 8 heteroatoms. The van der Waals surface area contributed by atoms with Crippen LogP contribution in [0.25, 0.3) is 0 Å². The van der Waals surface area contributed by atoms with Gasteiger partial charge in [-0.2, -0.15) is 0 Å². The summed E-state index contributed by atoms with van der Waals surface area (Å²) in [6, 6.07) is 15.2. The molecule has 0 aliphatic carbocycles. The van der Waals surface area contributed by atoms with Crippen molar-refractivity contribution in [3.63, 3.8) is 0 Å². The van der Waals surface area contributed by atoms with Gasteiger partial charge in [0.2, 0.25) is 11.8 Å². The largest absolute Gasteiger partial charge is 0.489 e. The molecule has 0 unspecified atom stereocenters. The maximum Gasteiger partial charge on any atom is 0.408 e. The third-order valence-electron chi connectivity index (χ3n) is 4.40. The summed E-state index contributed by atoms with van der Waals surface area (Å²) in [5, 5.41) is 5.08. The molecule has 0 radical (unpaired) electrons. The minimum Gasteiger partial charge on any atom is -0.489 e. The first-order valence-corrected chi connectivity index (χ1v) is 10.4. The third-order valence-corrected chi connectivity index (χ3v) is 4.40.